The van der Waals surface area contributed by atoms with Crippen LogP contribution in [-0.2, 0) is 6.54 Å². The van der Waals surface area contributed by atoms with Gasteiger partial charge in [0.1, 0.15) is 5.82 Å². The Morgan fingerprint density at radius 2 is 2.05 bits per heavy atom. The third-order valence-corrected chi connectivity index (χ3v) is 3.42. The lowest BCUT2D eigenvalue weighted by atomic mass is 10.1. The maximum absolute atomic E-state index is 6.17. The molecule has 1 aromatic carbocycles. The van der Waals surface area contributed by atoms with Gasteiger partial charge in [-0.15, -0.1) is 0 Å². The highest BCUT2D eigenvalue weighted by atomic mass is 35.5. The number of pyridine rings is 1. The summed E-state index contributed by atoms with van der Waals surface area (Å²) in [5, 5.41) is 0.776. The van der Waals surface area contributed by atoms with Crippen molar-refractivity contribution in [2.24, 2.45) is 5.73 Å². The van der Waals surface area contributed by atoms with E-state index in [1.54, 1.807) is 6.20 Å². The number of aromatic nitrogens is 1. The molecule has 0 aliphatic carbocycles. The van der Waals surface area contributed by atoms with E-state index in [0.29, 0.717) is 0 Å². The molecule has 0 amide bonds. The monoisotopic (exact) mass is 275 g/mol. The Labute approximate surface area is 119 Å². The summed E-state index contributed by atoms with van der Waals surface area (Å²) < 4.78 is 0. The van der Waals surface area contributed by atoms with Gasteiger partial charge in [-0.3, -0.25) is 0 Å². The molecule has 0 bridgehead atoms. The highest BCUT2D eigenvalue weighted by Crippen LogP contribution is 2.21. The molecule has 0 spiro atoms. The maximum Gasteiger partial charge on any atom is 0.128 e. The van der Waals surface area contributed by atoms with Crippen molar-refractivity contribution < 1.29 is 0 Å². The van der Waals surface area contributed by atoms with Gasteiger partial charge < -0.3 is 10.6 Å². The summed E-state index contributed by atoms with van der Waals surface area (Å²) in [5.74, 6) is 0.898. The van der Waals surface area contributed by atoms with Gasteiger partial charge in [-0.05, 0) is 36.2 Å². The van der Waals surface area contributed by atoms with Crippen LogP contribution in [0.3, 0.4) is 0 Å². The van der Waals surface area contributed by atoms with E-state index in [1.807, 2.05) is 50.4 Å². The van der Waals surface area contributed by atoms with Gasteiger partial charge in [0.25, 0.3) is 0 Å². The van der Waals surface area contributed by atoms with Gasteiger partial charge in [0, 0.05) is 30.9 Å². The first-order chi connectivity index (χ1) is 9.08. The minimum Gasteiger partial charge on any atom is -0.355 e. The zero-order valence-electron chi connectivity index (χ0n) is 11.2. The van der Waals surface area contributed by atoms with Crippen molar-refractivity contribution in [3.8, 4) is 0 Å². The van der Waals surface area contributed by atoms with E-state index in [2.05, 4.69) is 9.88 Å². The zero-order chi connectivity index (χ0) is 13.8. The van der Waals surface area contributed by atoms with Gasteiger partial charge >= 0.3 is 0 Å². The molecular weight excluding hydrogens is 258 g/mol. The molecule has 0 saturated heterocycles. The number of nitrogens with zero attached hydrogens (tertiary/aromatic N) is 2. The molecule has 1 heterocycles. The van der Waals surface area contributed by atoms with Crippen LogP contribution in [-0.4, -0.2) is 12.0 Å². The van der Waals surface area contributed by atoms with E-state index in [9.17, 15) is 0 Å². The van der Waals surface area contributed by atoms with Crippen molar-refractivity contribution in [3.05, 3.63) is 58.7 Å². The lowest BCUT2D eigenvalue weighted by Gasteiger charge is -2.20. The minimum atomic E-state index is 0.00969. The quantitative estimate of drug-likeness (QED) is 0.930. The second-order valence-electron chi connectivity index (χ2n) is 4.68. The first-order valence-electron chi connectivity index (χ1n) is 6.24. The van der Waals surface area contributed by atoms with E-state index in [4.69, 9.17) is 17.3 Å². The van der Waals surface area contributed by atoms with Crippen LogP contribution in [0.2, 0.25) is 5.02 Å². The number of rotatable bonds is 4. The molecule has 0 fully saturated rings. The third kappa shape index (κ3) is 3.46. The van der Waals surface area contributed by atoms with Crippen LogP contribution in [0.4, 0.5) is 5.82 Å². The van der Waals surface area contributed by atoms with Crippen LogP contribution in [0.25, 0.3) is 0 Å². The number of anilines is 1. The van der Waals surface area contributed by atoms with Gasteiger partial charge in [-0.1, -0.05) is 29.8 Å². The summed E-state index contributed by atoms with van der Waals surface area (Å²) in [6.07, 6.45) is 1.79. The molecule has 3 nitrogen and oxygen atoms in total. The van der Waals surface area contributed by atoms with Crippen LogP contribution < -0.4 is 10.6 Å². The number of halogens is 1. The predicted molar refractivity (Wildman–Crippen MR) is 80.4 cm³/mol. The molecule has 0 aliphatic rings. The van der Waals surface area contributed by atoms with E-state index in [1.165, 1.54) is 0 Å². The average molecular weight is 276 g/mol. The molecule has 1 atom stereocenters. The fourth-order valence-corrected chi connectivity index (χ4v) is 2.08. The van der Waals surface area contributed by atoms with Crippen LogP contribution in [0.5, 0.6) is 0 Å². The van der Waals surface area contributed by atoms with Crippen LogP contribution in [0.15, 0.2) is 42.6 Å². The van der Waals surface area contributed by atoms with Crippen molar-refractivity contribution in [1.82, 2.24) is 4.98 Å². The fraction of sp³-hybridized carbons (Fsp3) is 0.267. The molecule has 0 aliphatic heterocycles. The largest absolute Gasteiger partial charge is 0.355 e. The molecule has 2 aromatic rings. The Bertz CT molecular complexity index is 555. The smallest absolute Gasteiger partial charge is 0.128 e. The van der Waals surface area contributed by atoms with Crippen molar-refractivity contribution in [3.63, 3.8) is 0 Å². The number of hydrogen-bond donors (Lipinski definition) is 1. The van der Waals surface area contributed by atoms with Gasteiger partial charge in [0.05, 0.1) is 0 Å². The normalized spacial score (nSPS) is 12.2. The second kappa shape index (κ2) is 6.04. The van der Waals surface area contributed by atoms with E-state index < -0.39 is 0 Å². The molecule has 100 valence electrons. The topological polar surface area (TPSA) is 42.1 Å². The molecule has 1 unspecified atom stereocenters. The van der Waals surface area contributed by atoms with Crippen LogP contribution >= 0.6 is 11.6 Å². The summed E-state index contributed by atoms with van der Waals surface area (Å²) in [4.78, 5) is 6.44. The number of benzene rings is 1. The first kappa shape index (κ1) is 13.8. The van der Waals surface area contributed by atoms with Crippen molar-refractivity contribution in [2.45, 2.75) is 19.5 Å². The van der Waals surface area contributed by atoms with E-state index >= 15 is 0 Å². The SMILES string of the molecule is CC(N)c1ccnc(N(C)Cc2ccccc2Cl)c1. The minimum absolute atomic E-state index is 0.00969. The number of hydrogen-bond acceptors (Lipinski definition) is 3. The number of nitrogens with two attached hydrogens (primary N) is 1. The van der Waals surface area contributed by atoms with E-state index in [-0.39, 0.29) is 6.04 Å². The van der Waals surface area contributed by atoms with Gasteiger partial charge in [-0.25, -0.2) is 4.98 Å². The van der Waals surface area contributed by atoms with Crippen LogP contribution in [0, 0.1) is 0 Å². The molecule has 2 N–H and O–H groups in total. The molecular formula is C15H18ClN3. The summed E-state index contributed by atoms with van der Waals surface area (Å²) >= 11 is 6.17. The summed E-state index contributed by atoms with van der Waals surface area (Å²) in [6.45, 7) is 2.68. The third-order valence-electron chi connectivity index (χ3n) is 3.05. The predicted octanol–water partition coefficient (Wildman–Crippen LogP) is 3.39. The highest BCUT2D eigenvalue weighted by molar-refractivity contribution is 6.31. The highest BCUT2D eigenvalue weighted by Gasteiger charge is 2.08. The molecule has 1 aromatic heterocycles. The molecule has 19 heavy (non-hydrogen) atoms. The first-order valence-corrected chi connectivity index (χ1v) is 6.62. The Kier molecular flexibility index (Phi) is 4.40. The molecule has 4 heteroatoms. The fourth-order valence-electron chi connectivity index (χ4n) is 1.89. The Morgan fingerprint density at radius 1 is 1.32 bits per heavy atom. The Balaban J connectivity index is 2.18. The second-order valence-corrected chi connectivity index (χ2v) is 5.09. The molecule has 0 saturated carbocycles. The average Bonchev–Trinajstić information content (AvgIpc) is 2.41. The summed E-state index contributed by atoms with van der Waals surface area (Å²) in [5.41, 5.74) is 8.05. The van der Waals surface area contributed by atoms with Gasteiger partial charge in [-0.2, -0.15) is 0 Å². The van der Waals surface area contributed by atoms with Crippen molar-refractivity contribution in [2.75, 3.05) is 11.9 Å². The van der Waals surface area contributed by atoms with Gasteiger partial charge in [0.15, 0.2) is 0 Å². The Hall–Kier alpha value is -1.58. The summed E-state index contributed by atoms with van der Waals surface area (Å²) in [7, 11) is 2.00. The molecule has 0 radical (unpaired) electrons. The van der Waals surface area contributed by atoms with E-state index in [0.717, 1.165) is 28.5 Å². The van der Waals surface area contributed by atoms with Crippen LogP contribution in [0.1, 0.15) is 24.1 Å². The zero-order valence-corrected chi connectivity index (χ0v) is 11.9. The standard InChI is InChI=1S/C15H18ClN3/c1-11(17)12-7-8-18-15(9-12)19(2)10-13-5-3-4-6-14(13)16/h3-9,11H,10,17H2,1-2H3. The summed E-state index contributed by atoms with van der Waals surface area (Å²) in [6, 6.07) is 11.8. The van der Waals surface area contributed by atoms with Gasteiger partial charge in [0.2, 0.25) is 0 Å². The molecule has 2 rings (SSSR count). The Morgan fingerprint density at radius 3 is 2.74 bits per heavy atom. The lowest BCUT2D eigenvalue weighted by Crippen LogP contribution is -2.18. The lowest BCUT2D eigenvalue weighted by molar-refractivity contribution is 0.809. The van der Waals surface area contributed by atoms with Crippen molar-refractivity contribution in [1.29, 1.82) is 0 Å². The van der Waals surface area contributed by atoms with Crippen molar-refractivity contribution >= 4 is 17.4 Å². The maximum atomic E-state index is 6.17.